The highest BCUT2D eigenvalue weighted by Crippen LogP contribution is 2.24. The quantitative estimate of drug-likeness (QED) is 0.470. The van der Waals surface area contributed by atoms with E-state index in [2.05, 4.69) is 31.2 Å². The van der Waals surface area contributed by atoms with E-state index >= 15 is 0 Å². The van der Waals surface area contributed by atoms with Crippen molar-refractivity contribution in [3.05, 3.63) is 88.4 Å². The van der Waals surface area contributed by atoms with Gasteiger partial charge in [0.1, 0.15) is 12.0 Å². The molecular weight excluding hydrogens is 446 g/mol. The van der Waals surface area contributed by atoms with Crippen molar-refractivity contribution in [2.45, 2.75) is 13.0 Å². The summed E-state index contributed by atoms with van der Waals surface area (Å²) in [4.78, 5) is 33.6. The Labute approximate surface area is 181 Å². The van der Waals surface area contributed by atoms with Gasteiger partial charge in [-0.3, -0.25) is 14.0 Å². The summed E-state index contributed by atoms with van der Waals surface area (Å²) in [7, 11) is 0. The van der Waals surface area contributed by atoms with Crippen molar-refractivity contribution < 1.29 is 9.59 Å². The Morgan fingerprint density at radius 2 is 1.80 bits per heavy atom. The third kappa shape index (κ3) is 3.69. The predicted molar refractivity (Wildman–Crippen MR) is 117 cm³/mol. The molecule has 8 heteroatoms. The summed E-state index contributed by atoms with van der Waals surface area (Å²) in [6.07, 6.45) is 1.38. The molecular formula is C22H18BrN5O2. The topological polar surface area (TPSA) is 102 Å². The maximum atomic E-state index is 13.2. The number of rotatable bonds is 5. The van der Waals surface area contributed by atoms with E-state index in [1.807, 2.05) is 61.5 Å². The van der Waals surface area contributed by atoms with Gasteiger partial charge in [-0.25, -0.2) is 9.97 Å². The lowest BCUT2D eigenvalue weighted by Gasteiger charge is -2.17. The van der Waals surface area contributed by atoms with Gasteiger partial charge in [-0.05, 0) is 24.6 Å². The largest absolute Gasteiger partial charge is 0.364 e. The number of imidazole rings is 1. The van der Waals surface area contributed by atoms with Gasteiger partial charge in [0.05, 0.1) is 11.7 Å². The summed E-state index contributed by atoms with van der Waals surface area (Å²) in [5.41, 5.74) is 8.31. The van der Waals surface area contributed by atoms with Crippen LogP contribution in [0, 0.1) is 0 Å². The van der Waals surface area contributed by atoms with Gasteiger partial charge >= 0.3 is 0 Å². The van der Waals surface area contributed by atoms with Gasteiger partial charge in [-0.15, -0.1) is 0 Å². The molecule has 0 radical (unpaired) electrons. The molecule has 0 aliphatic carbocycles. The van der Waals surface area contributed by atoms with Crippen LogP contribution in [0.5, 0.6) is 0 Å². The summed E-state index contributed by atoms with van der Waals surface area (Å²) in [5, 5.41) is 3.00. The molecule has 4 aromatic rings. The Kier molecular flexibility index (Phi) is 5.33. The van der Waals surface area contributed by atoms with E-state index in [9.17, 15) is 9.59 Å². The van der Waals surface area contributed by atoms with Crippen molar-refractivity contribution in [2.24, 2.45) is 5.73 Å². The van der Waals surface area contributed by atoms with Crippen LogP contribution in [0.15, 0.2) is 71.5 Å². The standard InChI is InChI=1S/C22H18BrN5O2/c1-13(15-9-5-6-10-16(15)23)26-22(30)18-11-17(14-7-3-2-4-8-14)27-21-19(20(24)29)25-12-28(18)21/h2-13H,1H3,(H2,24,29)(H,26,30)/t13-/m0/s1. The molecule has 30 heavy (non-hydrogen) atoms. The molecule has 4 rings (SSSR count). The van der Waals surface area contributed by atoms with E-state index in [1.54, 1.807) is 6.07 Å². The second-order valence-corrected chi connectivity index (χ2v) is 7.61. The van der Waals surface area contributed by atoms with Gasteiger partial charge in [0.15, 0.2) is 11.3 Å². The Morgan fingerprint density at radius 1 is 1.10 bits per heavy atom. The number of fused-ring (bicyclic) bond motifs is 1. The van der Waals surface area contributed by atoms with Crippen LogP contribution in [0.4, 0.5) is 0 Å². The van der Waals surface area contributed by atoms with Gasteiger partial charge in [-0.2, -0.15) is 0 Å². The van der Waals surface area contributed by atoms with Crippen molar-refractivity contribution in [2.75, 3.05) is 0 Å². The molecule has 3 N–H and O–H groups in total. The molecule has 2 aromatic heterocycles. The zero-order valence-electron chi connectivity index (χ0n) is 16.0. The minimum atomic E-state index is -0.705. The van der Waals surface area contributed by atoms with Crippen molar-refractivity contribution in [1.82, 2.24) is 19.7 Å². The highest BCUT2D eigenvalue weighted by atomic mass is 79.9. The van der Waals surface area contributed by atoms with E-state index in [-0.39, 0.29) is 23.3 Å². The Bertz CT molecular complexity index is 1250. The predicted octanol–water partition coefficient (Wildman–Crippen LogP) is 3.75. The summed E-state index contributed by atoms with van der Waals surface area (Å²) in [6, 6.07) is 18.5. The number of carbonyl (C=O) groups excluding carboxylic acids is 2. The minimum absolute atomic E-state index is 0.0145. The van der Waals surface area contributed by atoms with Gasteiger partial charge in [0.2, 0.25) is 0 Å². The maximum absolute atomic E-state index is 13.2. The maximum Gasteiger partial charge on any atom is 0.271 e. The van der Waals surface area contributed by atoms with Crippen LogP contribution >= 0.6 is 15.9 Å². The SMILES string of the molecule is C[C@H](NC(=O)c1cc(-c2ccccc2)nc2c(C(N)=O)ncn12)c1ccccc1Br. The first-order chi connectivity index (χ1) is 14.5. The smallest absolute Gasteiger partial charge is 0.271 e. The molecule has 2 amide bonds. The molecule has 0 aliphatic heterocycles. The van der Waals surface area contributed by atoms with Crippen LogP contribution in [0.2, 0.25) is 0 Å². The van der Waals surface area contributed by atoms with Gasteiger partial charge in [0, 0.05) is 10.0 Å². The number of hydrogen-bond donors (Lipinski definition) is 2. The summed E-state index contributed by atoms with van der Waals surface area (Å²) in [5.74, 6) is -1.03. The molecule has 0 unspecified atom stereocenters. The van der Waals surface area contributed by atoms with Crippen molar-refractivity contribution >= 4 is 33.4 Å². The van der Waals surface area contributed by atoms with Gasteiger partial charge < -0.3 is 11.1 Å². The zero-order valence-corrected chi connectivity index (χ0v) is 17.6. The number of halogens is 1. The fourth-order valence-electron chi connectivity index (χ4n) is 3.25. The second-order valence-electron chi connectivity index (χ2n) is 6.76. The highest BCUT2D eigenvalue weighted by Gasteiger charge is 2.21. The normalized spacial score (nSPS) is 11.9. The second kappa shape index (κ2) is 8.08. The lowest BCUT2D eigenvalue weighted by Crippen LogP contribution is -2.28. The van der Waals surface area contributed by atoms with Crippen LogP contribution in [-0.2, 0) is 0 Å². The van der Waals surface area contributed by atoms with Crippen molar-refractivity contribution in [3.8, 4) is 11.3 Å². The minimum Gasteiger partial charge on any atom is -0.364 e. The summed E-state index contributed by atoms with van der Waals surface area (Å²) in [6.45, 7) is 1.90. The molecule has 2 heterocycles. The Morgan fingerprint density at radius 3 is 2.50 bits per heavy atom. The van der Waals surface area contributed by atoms with Gasteiger partial charge in [0.25, 0.3) is 11.8 Å². The third-order valence-corrected chi connectivity index (χ3v) is 5.48. The molecule has 2 aromatic carbocycles. The number of carbonyl (C=O) groups is 2. The molecule has 0 saturated heterocycles. The average molecular weight is 464 g/mol. The first-order valence-corrected chi connectivity index (χ1v) is 10.0. The lowest BCUT2D eigenvalue weighted by atomic mass is 10.1. The van der Waals surface area contributed by atoms with Crippen molar-refractivity contribution in [1.29, 1.82) is 0 Å². The Hall–Kier alpha value is -3.52. The van der Waals surface area contributed by atoms with Gasteiger partial charge in [-0.1, -0.05) is 64.5 Å². The number of nitrogens with two attached hydrogens (primary N) is 1. The number of aromatic nitrogens is 3. The molecule has 1 atom stereocenters. The average Bonchev–Trinajstić information content (AvgIpc) is 3.18. The van der Waals surface area contributed by atoms with Crippen LogP contribution < -0.4 is 11.1 Å². The third-order valence-electron chi connectivity index (χ3n) is 4.76. The van der Waals surface area contributed by atoms with Crippen LogP contribution in [0.3, 0.4) is 0 Å². The number of amides is 2. The molecule has 0 fully saturated rings. The molecule has 0 spiro atoms. The number of primary amides is 1. The first-order valence-electron chi connectivity index (χ1n) is 9.24. The van der Waals surface area contributed by atoms with E-state index in [0.717, 1.165) is 15.6 Å². The molecule has 0 saturated carbocycles. The molecule has 150 valence electrons. The number of hydrogen-bond acceptors (Lipinski definition) is 4. The van der Waals surface area contributed by atoms with E-state index in [0.29, 0.717) is 11.4 Å². The van der Waals surface area contributed by atoms with E-state index in [4.69, 9.17) is 5.73 Å². The number of nitrogens with one attached hydrogen (secondary N) is 1. The molecule has 0 bridgehead atoms. The zero-order chi connectivity index (χ0) is 21.3. The summed E-state index contributed by atoms with van der Waals surface area (Å²) < 4.78 is 2.38. The molecule has 0 aliphatic rings. The monoisotopic (exact) mass is 463 g/mol. The molecule has 7 nitrogen and oxygen atoms in total. The van der Waals surface area contributed by atoms with Crippen molar-refractivity contribution in [3.63, 3.8) is 0 Å². The van der Waals surface area contributed by atoms with E-state index < -0.39 is 5.91 Å². The van der Waals surface area contributed by atoms with Crippen LogP contribution in [0.25, 0.3) is 16.9 Å². The van der Waals surface area contributed by atoms with Crippen LogP contribution in [0.1, 0.15) is 39.5 Å². The lowest BCUT2D eigenvalue weighted by molar-refractivity contribution is 0.0931. The van der Waals surface area contributed by atoms with Crippen LogP contribution in [-0.4, -0.2) is 26.2 Å². The Balaban J connectivity index is 1.80. The summed E-state index contributed by atoms with van der Waals surface area (Å²) >= 11 is 3.52. The van der Waals surface area contributed by atoms with E-state index in [1.165, 1.54) is 10.7 Å². The number of benzene rings is 2. The number of nitrogens with zero attached hydrogens (tertiary/aromatic N) is 3. The first kappa shape index (κ1) is 19.8. The highest BCUT2D eigenvalue weighted by molar-refractivity contribution is 9.10. The fraction of sp³-hybridized carbons (Fsp3) is 0.0909. The fourth-order valence-corrected chi connectivity index (χ4v) is 3.88.